The van der Waals surface area contributed by atoms with Crippen molar-refractivity contribution in [2.75, 3.05) is 14.7 Å². The third kappa shape index (κ3) is 15.7. The zero-order valence-corrected chi connectivity index (χ0v) is 82.5. The molecule has 3 aliphatic heterocycles. The second kappa shape index (κ2) is 37.5. The Kier molecular flexibility index (Phi) is 23.1. The zero-order valence-electron chi connectivity index (χ0n) is 75.7. The minimum Gasteiger partial charge on any atom is -0.513 e. The summed E-state index contributed by atoms with van der Waals surface area (Å²) in [5, 5.41) is 23.9. The molecule has 10 aromatic heterocycles. The van der Waals surface area contributed by atoms with Crippen molar-refractivity contribution in [3.05, 3.63) is 474 Å². The van der Waals surface area contributed by atoms with Crippen LogP contribution in [0.4, 0.5) is 51.2 Å². The molecule has 3 aliphatic rings. The van der Waals surface area contributed by atoms with Crippen molar-refractivity contribution in [3.63, 3.8) is 0 Å². The second-order valence-corrected chi connectivity index (χ2v) is 33.9. The van der Waals surface area contributed by atoms with Crippen LogP contribution in [0, 0.1) is 36.4 Å². The molecular formula is C120H72N16O5Pt3. The summed E-state index contributed by atoms with van der Waals surface area (Å²) < 4.78 is 45.7. The molecule has 0 bridgehead atoms. The quantitative estimate of drug-likeness (QED) is 0.0943. The number of nitrogens with zero attached hydrogens (tertiary/aromatic N) is 16. The molecule has 0 atom stereocenters. The molecule has 0 radical (unpaired) electrons. The average molecular weight is 2400 g/mol. The molecule has 0 amide bonds. The van der Waals surface area contributed by atoms with Gasteiger partial charge in [0.1, 0.15) is 23.1 Å². The number of anilines is 9. The Balaban J connectivity index is 0.000000115. The van der Waals surface area contributed by atoms with Crippen LogP contribution in [0.15, 0.2) is 438 Å². The van der Waals surface area contributed by atoms with Gasteiger partial charge < -0.3 is 56.7 Å². The number of hydrogen-bond acceptors (Lipinski definition) is 14. The first-order chi connectivity index (χ1) is 69.9. The summed E-state index contributed by atoms with van der Waals surface area (Å²) >= 11 is 0. The molecule has 0 saturated carbocycles. The number of fused-ring (bicyclic) bond motifs is 18. The van der Waals surface area contributed by atoms with E-state index in [0.29, 0.717) is 46.2 Å². The minimum absolute atomic E-state index is 0. The van der Waals surface area contributed by atoms with Crippen molar-refractivity contribution in [2.24, 2.45) is 0 Å². The van der Waals surface area contributed by atoms with Gasteiger partial charge in [-0.1, -0.05) is 205 Å². The topological polar surface area (TPSA) is 168 Å². The number of para-hydroxylation sites is 13. The molecule has 26 aromatic rings. The largest absolute Gasteiger partial charge is 2.00 e. The number of hydrogen-bond donors (Lipinski definition) is 0. The van der Waals surface area contributed by atoms with Crippen LogP contribution in [0.5, 0.6) is 57.8 Å². The van der Waals surface area contributed by atoms with Crippen molar-refractivity contribution in [2.45, 2.75) is 0 Å². The van der Waals surface area contributed by atoms with Gasteiger partial charge in [0, 0.05) is 97.3 Å². The summed E-state index contributed by atoms with van der Waals surface area (Å²) in [6, 6.07) is 150. The summed E-state index contributed by atoms with van der Waals surface area (Å²) in [6.07, 6.45) is 17.1. The number of pyridine rings is 3. The molecule has 24 heteroatoms. The van der Waals surface area contributed by atoms with E-state index in [0.717, 1.165) is 158 Å². The van der Waals surface area contributed by atoms with Gasteiger partial charge in [-0.3, -0.25) is 14.0 Å². The van der Waals surface area contributed by atoms with Crippen molar-refractivity contribution in [1.29, 1.82) is 0 Å². The Morgan fingerprint density at radius 2 is 0.542 bits per heavy atom. The Hall–Kier alpha value is -17.7. The fourth-order valence-electron chi connectivity index (χ4n) is 19.5. The monoisotopic (exact) mass is 2400 g/mol. The molecule has 0 spiro atoms. The van der Waals surface area contributed by atoms with E-state index in [-0.39, 0.29) is 63.2 Å². The minimum atomic E-state index is 0. The van der Waals surface area contributed by atoms with E-state index in [4.69, 9.17) is 44.0 Å². The zero-order chi connectivity index (χ0) is 93.0. The maximum absolute atomic E-state index is 6.47. The van der Waals surface area contributed by atoms with E-state index in [1.54, 1.807) is 12.4 Å². The second-order valence-electron chi connectivity index (χ2n) is 33.9. The standard InChI is InChI=1S/C44H26N6O.2C38H23N5O2.3Pt/c1-4-14-36-32(11-1)33-12-2-5-15-37(33)49(36)31-27-46-47(28-31)29-21-23-43-41(25-29)48(39-17-7-8-18-42(39)51-43)30-20-22-35-34-13-3-6-16-38(34)50(40(35)26-30)44-19-9-10-24-45-44;1-3-14-32-30(12-1)31-13-2-4-15-33(31)43(32)28-24-40-41(25-28)26-19-20-37-35(23-26)42(34-16-5-6-17-36(34)45-37)27-10-9-11-29(22-27)44-38-18-7-8-21-39-38;1-3-14-32-30(12-1)31-13-2-4-15-33(31)43(32)28-24-40-41(25-28)26-10-9-11-27(22-26)42-34-16-5-6-17-36(34)45-37-20-19-29(23-35(37)42)44-38-18-7-8-21-39-38;;;/h1-24,27-28H;2*1-21,24-25H;;;/q3*-2;3*+2. The molecule has 13 heterocycles. The molecule has 16 aromatic carbocycles. The SMILES string of the molecule is [Pt+2].[Pt+2].[Pt+2].[c-]1c(-n2cc(-n3c4ccccc4c4ccccc43)cn2)ccc2c1N(c1[c-]c3c(cc1)c1ccccc1n3-c1ccccn1)c1ccccc1O2.[c-]1c(N2c3[c-]c(Oc4ccccn4)ccc3Oc3ccccc32)cccc1-n1cc(-n2c3ccccc3c3ccccc32)cn1.[c-]1c(Oc2ccccn2)cccc1N1c2[c-]c(-n3cc(-n4c5ccccc5c5ccccc54)cn3)ccc2Oc2ccccc21. The van der Waals surface area contributed by atoms with E-state index in [1.807, 2.05) is 245 Å². The summed E-state index contributed by atoms with van der Waals surface area (Å²) in [5.74, 6) is 7.19. The van der Waals surface area contributed by atoms with Gasteiger partial charge in [0.25, 0.3) is 0 Å². The number of aromatic nitrogens is 13. The molecule has 0 N–H and O–H groups in total. The Morgan fingerprint density at radius 3 is 0.951 bits per heavy atom. The van der Waals surface area contributed by atoms with Gasteiger partial charge in [0.15, 0.2) is 0 Å². The Bertz CT molecular complexity index is 9210. The maximum atomic E-state index is 6.47. The number of benzene rings is 16. The molecule has 692 valence electrons. The fraction of sp³-hybridized carbons (Fsp3) is 0. The first-order valence-electron chi connectivity index (χ1n) is 46.0. The first-order valence-corrected chi connectivity index (χ1v) is 46.0. The van der Waals surface area contributed by atoms with Crippen LogP contribution in [0.3, 0.4) is 0 Å². The van der Waals surface area contributed by atoms with E-state index >= 15 is 0 Å². The molecule has 29 rings (SSSR count). The third-order valence-electron chi connectivity index (χ3n) is 25.6. The van der Waals surface area contributed by atoms with Crippen LogP contribution >= 0.6 is 0 Å². The summed E-state index contributed by atoms with van der Waals surface area (Å²) in [7, 11) is 0. The molecule has 0 aliphatic carbocycles. The van der Waals surface area contributed by atoms with Crippen LogP contribution < -0.4 is 38.4 Å². The molecule has 21 nitrogen and oxygen atoms in total. The van der Waals surface area contributed by atoms with E-state index in [1.165, 1.54) is 32.3 Å². The molecule has 144 heavy (non-hydrogen) atoms. The van der Waals surface area contributed by atoms with Gasteiger partial charge in [0.05, 0.1) is 104 Å². The number of ether oxygens (including phenoxy) is 5. The van der Waals surface area contributed by atoms with Crippen molar-refractivity contribution >= 4 is 138 Å². The van der Waals surface area contributed by atoms with Crippen molar-refractivity contribution < 1.29 is 86.9 Å². The summed E-state index contributed by atoms with van der Waals surface area (Å²) in [4.78, 5) is 19.7. The smallest absolute Gasteiger partial charge is 0.513 e. The van der Waals surface area contributed by atoms with Gasteiger partial charge in [-0.2, -0.15) is 33.5 Å². The predicted molar refractivity (Wildman–Crippen MR) is 552 cm³/mol. The predicted octanol–water partition coefficient (Wildman–Crippen LogP) is 29.3. The number of rotatable bonds is 14. The van der Waals surface area contributed by atoms with Crippen LogP contribution in [-0.2, 0) is 63.2 Å². The third-order valence-corrected chi connectivity index (χ3v) is 25.6. The normalized spacial score (nSPS) is 12.0. The van der Waals surface area contributed by atoms with Gasteiger partial charge >= 0.3 is 63.2 Å². The van der Waals surface area contributed by atoms with Gasteiger partial charge in [-0.15, -0.1) is 109 Å². The van der Waals surface area contributed by atoms with Crippen molar-refractivity contribution in [1.82, 2.24) is 62.6 Å². The molecule has 0 fully saturated rings. The Labute approximate surface area is 867 Å². The summed E-state index contributed by atoms with van der Waals surface area (Å²) in [6.45, 7) is 0. The van der Waals surface area contributed by atoms with Crippen LogP contribution in [0.2, 0.25) is 0 Å². The van der Waals surface area contributed by atoms with E-state index in [2.05, 4.69) is 274 Å². The summed E-state index contributed by atoms with van der Waals surface area (Å²) in [5.41, 5.74) is 21.4. The first kappa shape index (κ1) is 88.9. The fourth-order valence-corrected chi connectivity index (χ4v) is 19.5. The van der Waals surface area contributed by atoms with Crippen LogP contribution in [0.1, 0.15) is 0 Å². The Morgan fingerprint density at radius 1 is 0.222 bits per heavy atom. The maximum Gasteiger partial charge on any atom is 2.00 e. The van der Waals surface area contributed by atoms with Crippen LogP contribution in [-0.4, -0.2) is 62.6 Å². The van der Waals surface area contributed by atoms with Gasteiger partial charge in [0.2, 0.25) is 11.8 Å². The van der Waals surface area contributed by atoms with Crippen LogP contribution in [0.25, 0.3) is 127 Å². The molecule has 0 unspecified atom stereocenters. The average Bonchev–Trinajstić information content (AvgIpc) is 1.48. The molecule has 0 saturated heterocycles. The van der Waals surface area contributed by atoms with Gasteiger partial charge in [-0.25, -0.2) is 15.0 Å². The van der Waals surface area contributed by atoms with E-state index < -0.39 is 0 Å². The molecular weight excluding hydrogens is 2330 g/mol. The van der Waals surface area contributed by atoms with Crippen molar-refractivity contribution in [3.8, 4) is 97.7 Å². The van der Waals surface area contributed by atoms with Gasteiger partial charge in [-0.05, 0) is 143 Å². The van der Waals surface area contributed by atoms with E-state index in [9.17, 15) is 0 Å².